The first kappa shape index (κ1) is 12.6. The van der Waals surface area contributed by atoms with Crippen LogP contribution in [0.2, 0.25) is 0 Å². The minimum absolute atomic E-state index is 0.0971. The lowest BCUT2D eigenvalue weighted by Gasteiger charge is -2.30. The molecule has 2 N–H and O–H groups in total. The Hall–Kier alpha value is -1.47. The van der Waals surface area contributed by atoms with E-state index in [-0.39, 0.29) is 11.9 Å². The van der Waals surface area contributed by atoms with Crippen LogP contribution in [0.1, 0.15) is 31.6 Å². The van der Waals surface area contributed by atoms with E-state index in [4.69, 9.17) is 4.42 Å². The third-order valence-corrected chi connectivity index (χ3v) is 3.43. The highest BCUT2D eigenvalue weighted by molar-refractivity contribution is 5.90. The Labute approximate surface area is 111 Å². The molecule has 2 heterocycles. The van der Waals surface area contributed by atoms with Crippen molar-refractivity contribution >= 4 is 11.9 Å². The molecule has 7 nitrogen and oxygen atoms in total. The van der Waals surface area contributed by atoms with Gasteiger partial charge < -0.3 is 9.73 Å². The second-order valence-electron chi connectivity index (χ2n) is 5.36. The van der Waals surface area contributed by atoms with Crippen LogP contribution in [0.25, 0.3) is 0 Å². The number of piperazine rings is 1. The van der Waals surface area contributed by atoms with Gasteiger partial charge in [0.1, 0.15) is 0 Å². The van der Waals surface area contributed by atoms with E-state index >= 15 is 0 Å². The largest absolute Gasteiger partial charge is 0.408 e. The molecule has 0 radical (unpaired) electrons. The average Bonchev–Trinajstić information content (AvgIpc) is 3.11. The molecule has 2 aliphatic rings. The summed E-state index contributed by atoms with van der Waals surface area (Å²) in [5.41, 5.74) is 0. The SMILES string of the molecule is C[C@H]1CN(CC(=O)Nc2nnc(C3CC3)o2)CCN1. The highest BCUT2D eigenvalue weighted by Crippen LogP contribution is 2.39. The molecule has 1 aromatic rings. The standard InChI is InChI=1S/C12H19N5O2/c1-8-6-17(5-4-13-8)7-10(18)14-12-16-15-11(19-12)9-2-3-9/h8-9,13H,2-7H2,1H3,(H,14,16,18)/t8-/m0/s1. The molecule has 1 atom stereocenters. The lowest BCUT2D eigenvalue weighted by molar-refractivity contribution is -0.117. The van der Waals surface area contributed by atoms with Gasteiger partial charge in [0.05, 0.1) is 6.54 Å². The molecular formula is C12H19N5O2. The Morgan fingerprint density at radius 1 is 1.53 bits per heavy atom. The number of hydrogen-bond donors (Lipinski definition) is 2. The molecule has 104 valence electrons. The molecule has 1 saturated carbocycles. The van der Waals surface area contributed by atoms with Gasteiger partial charge in [-0.15, -0.1) is 5.10 Å². The number of carbonyl (C=O) groups is 1. The number of nitrogens with one attached hydrogen (secondary N) is 2. The molecule has 0 spiro atoms. The topological polar surface area (TPSA) is 83.3 Å². The Bertz CT molecular complexity index is 457. The second kappa shape index (κ2) is 5.26. The summed E-state index contributed by atoms with van der Waals surface area (Å²) in [6.45, 7) is 5.16. The quantitative estimate of drug-likeness (QED) is 0.808. The van der Waals surface area contributed by atoms with Crippen molar-refractivity contribution in [3.05, 3.63) is 5.89 Å². The molecule has 1 aliphatic heterocycles. The van der Waals surface area contributed by atoms with Gasteiger partial charge in [-0.3, -0.25) is 15.0 Å². The number of rotatable bonds is 4. The summed E-state index contributed by atoms with van der Waals surface area (Å²) >= 11 is 0. The first-order valence-corrected chi connectivity index (χ1v) is 6.79. The predicted molar refractivity (Wildman–Crippen MR) is 68.8 cm³/mol. The maximum Gasteiger partial charge on any atom is 0.322 e. The van der Waals surface area contributed by atoms with E-state index in [0.29, 0.717) is 24.4 Å². The zero-order chi connectivity index (χ0) is 13.2. The van der Waals surface area contributed by atoms with Crippen molar-refractivity contribution in [2.45, 2.75) is 31.7 Å². The number of hydrogen-bond acceptors (Lipinski definition) is 6. The van der Waals surface area contributed by atoms with E-state index in [1.165, 1.54) is 0 Å². The van der Waals surface area contributed by atoms with Gasteiger partial charge in [0, 0.05) is 31.6 Å². The lowest BCUT2D eigenvalue weighted by atomic mass is 10.2. The summed E-state index contributed by atoms with van der Waals surface area (Å²) in [7, 11) is 0. The molecule has 1 saturated heterocycles. The maximum absolute atomic E-state index is 11.9. The van der Waals surface area contributed by atoms with E-state index in [1.54, 1.807) is 0 Å². The Morgan fingerprint density at radius 3 is 3.11 bits per heavy atom. The number of carbonyl (C=O) groups excluding carboxylic acids is 1. The molecule has 1 aliphatic carbocycles. The van der Waals surface area contributed by atoms with Crippen LogP contribution in [0.15, 0.2) is 4.42 Å². The Balaban J connectivity index is 1.49. The van der Waals surface area contributed by atoms with Crippen LogP contribution in [0.4, 0.5) is 6.01 Å². The van der Waals surface area contributed by atoms with E-state index in [9.17, 15) is 4.79 Å². The zero-order valence-corrected chi connectivity index (χ0v) is 11.1. The molecule has 0 unspecified atom stereocenters. The first-order valence-electron chi connectivity index (χ1n) is 6.79. The molecule has 0 aromatic carbocycles. The van der Waals surface area contributed by atoms with Gasteiger partial charge in [0.25, 0.3) is 0 Å². The molecule has 2 fully saturated rings. The van der Waals surface area contributed by atoms with E-state index in [1.807, 2.05) is 0 Å². The highest BCUT2D eigenvalue weighted by atomic mass is 16.4. The summed E-state index contributed by atoms with van der Waals surface area (Å²) in [4.78, 5) is 14.0. The third kappa shape index (κ3) is 3.30. The fraction of sp³-hybridized carbons (Fsp3) is 0.750. The Morgan fingerprint density at radius 2 is 2.37 bits per heavy atom. The molecule has 3 rings (SSSR count). The second-order valence-corrected chi connectivity index (χ2v) is 5.36. The molecule has 19 heavy (non-hydrogen) atoms. The smallest absolute Gasteiger partial charge is 0.322 e. The third-order valence-electron chi connectivity index (χ3n) is 3.43. The van der Waals surface area contributed by atoms with Crippen LogP contribution in [0.5, 0.6) is 0 Å². The number of aromatic nitrogens is 2. The summed E-state index contributed by atoms with van der Waals surface area (Å²) in [6.07, 6.45) is 2.21. The van der Waals surface area contributed by atoms with Gasteiger partial charge in [0.2, 0.25) is 11.8 Å². The fourth-order valence-corrected chi connectivity index (χ4v) is 2.30. The molecule has 1 amide bonds. The summed E-state index contributed by atoms with van der Waals surface area (Å²) in [5.74, 6) is 0.957. The van der Waals surface area contributed by atoms with Crippen molar-refractivity contribution in [3.63, 3.8) is 0 Å². The first-order chi connectivity index (χ1) is 9.20. The van der Waals surface area contributed by atoms with Crippen LogP contribution in [-0.4, -0.2) is 53.2 Å². The van der Waals surface area contributed by atoms with Crippen LogP contribution >= 0.6 is 0 Å². The fourth-order valence-electron chi connectivity index (χ4n) is 2.30. The maximum atomic E-state index is 11.9. The minimum Gasteiger partial charge on any atom is -0.408 e. The lowest BCUT2D eigenvalue weighted by Crippen LogP contribution is -2.51. The van der Waals surface area contributed by atoms with Crippen molar-refractivity contribution in [3.8, 4) is 0 Å². The van der Waals surface area contributed by atoms with Crippen LogP contribution in [-0.2, 0) is 4.79 Å². The van der Waals surface area contributed by atoms with Crippen LogP contribution in [0.3, 0.4) is 0 Å². The average molecular weight is 265 g/mol. The predicted octanol–water partition coefficient (Wildman–Crippen LogP) is 0.179. The molecular weight excluding hydrogens is 246 g/mol. The number of nitrogens with zero attached hydrogens (tertiary/aromatic N) is 3. The summed E-state index contributed by atoms with van der Waals surface area (Å²) in [5, 5.41) is 13.8. The van der Waals surface area contributed by atoms with Gasteiger partial charge in [-0.25, -0.2) is 0 Å². The highest BCUT2D eigenvalue weighted by Gasteiger charge is 2.29. The van der Waals surface area contributed by atoms with Crippen molar-refractivity contribution in [2.75, 3.05) is 31.5 Å². The van der Waals surface area contributed by atoms with Gasteiger partial charge in [-0.1, -0.05) is 5.10 Å². The number of anilines is 1. The zero-order valence-electron chi connectivity index (χ0n) is 11.1. The molecule has 1 aromatic heterocycles. The summed E-state index contributed by atoms with van der Waals surface area (Å²) < 4.78 is 5.40. The van der Waals surface area contributed by atoms with Gasteiger partial charge in [0.15, 0.2) is 0 Å². The van der Waals surface area contributed by atoms with Gasteiger partial charge in [-0.05, 0) is 19.8 Å². The minimum atomic E-state index is -0.0971. The van der Waals surface area contributed by atoms with E-state index in [0.717, 1.165) is 32.5 Å². The number of amides is 1. The van der Waals surface area contributed by atoms with Crippen molar-refractivity contribution < 1.29 is 9.21 Å². The van der Waals surface area contributed by atoms with Crippen LogP contribution < -0.4 is 10.6 Å². The normalized spacial score (nSPS) is 24.4. The van der Waals surface area contributed by atoms with Crippen molar-refractivity contribution in [2.24, 2.45) is 0 Å². The monoisotopic (exact) mass is 265 g/mol. The van der Waals surface area contributed by atoms with Crippen molar-refractivity contribution in [1.82, 2.24) is 20.4 Å². The summed E-state index contributed by atoms with van der Waals surface area (Å²) in [6, 6.07) is 0.640. The van der Waals surface area contributed by atoms with Crippen molar-refractivity contribution in [1.29, 1.82) is 0 Å². The molecule has 0 bridgehead atoms. The van der Waals surface area contributed by atoms with E-state index < -0.39 is 0 Å². The van der Waals surface area contributed by atoms with Crippen LogP contribution in [0, 0.1) is 0 Å². The van der Waals surface area contributed by atoms with Gasteiger partial charge >= 0.3 is 6.01 Å². The Kier molecular flexibility index (Phi) is 3.48. The van der Waals surface area contributed by atoms with Gasteiger partial charge in [-0.2, -0.15) is 0 Å². The van der Waals surface area contributed by atoms with E-state index in [2.05, 4.69) is 32.7 Å². The molecule has 7 heteroatoms.